The highest BCUT2D eigenvalue weighted by Crippen LogP contribution is 2.27. The van der Waals surface area contributed by atoms with E-state index >= 15 is 0 Å². The van der Waals surface area contributed by atoms with Crippen LogP contribution in [-0.4, -0.2) is 34.5 Å². The molecule has 1 aromatic rings. The van der Waals surface area contributed by atoms with Gasteiger partial charge in [0.2, 0.25) is 10.0 Å². The number of alkyl halides is 2. The van der Waals surface area contributed by atoms with Gasteiger partial charge in [-0.15, -0.1) is 0 Å². The summed E-state index contributed by atoms with van der Waals surface area (Å²) in [4.78, 5) is -0.225. The van der Waals surface area contributed by atoms with E-state index in [0.717, 1.165) is 0 Å². The molecule has 108 valence electrons. The van der Waals surface area contributed by atoms with Gasteiger partial charge in [-0.1, -0.05) is 15.9 Å². The first kappa shape index (κ1) is 16.3. The molecule has 0 radical (unpaired) electrons. The second-order valence-corrected chi connectivity index (χ2v) is 6.33. The minimum absolute atomic E-state index is 0.0618. The van der Waals surface area contributed by atoms with Gasteiger partial charge >= 0.3 is 0 Å². The maximum absolute atomic E-state index is 13.0. The summed E-state index contributed by atoms with van der Waals surface area (Å²) in [6.45, 7) is -2.01. The summed E-state index contributed by atoms with van der Waals surface area (Å²) in [7, 11) is -2.82. The summed E-state index contributed by atoms with van der Waals surface area (Å²) >= 11 is 3.11. The summed E-state index contributed by atoms with van der Waals surface area (Å²) < 4.78 is 57.0. The number of nitrogens with one attached hydrogen (secondary N) is 1. The first-order valence-electron chi connectivity index (χ1n) is 5.13. The van der Waals surface area contributed by atoms with Gasteiger partial charge in [-0.25, -0.2) is 21.9 Å². The summed E-state index contributed by atoms with van der Waals surface area (Å²) in [5.74, 6) is -3.24. The van der Waals surface area contributed by atoms with Crippen LogP contribution in [0.25, 0.3) is 0 Å². The SMILES string of the molecule is COc1ccc(Br)cc1S(=O)(=O)NCC(F)(F)CN. The maximum Gasteiger partial charge on any atom is 0.273 e. The highest BCUT2D eigenvalue weighted by atomic mass is 79.9. The molecule has 1 rings (SSSR count). The molecule has 19 heavy (non-hydrogen) atoms. The molecule has 0 aliphatic heterocycles. The molecular formula is C10H13BrF2N2O3S. The first-order valence-corrected chi connectivity index (χ1v) is 7.40. The minimum atomic E-state index is -4.11. The molecule has 9 heteroatoms. The lowest BCUT2D eigenvalue weighted by atomic mass is 10.3. The molecule has 0 saturated heterocycles. The fourth-order valence-corrected chi connectivity index (χ4v) is 2.98. The average molecular weight is 359 g/mol. The molecule has 0 bridgehead atoms. The van der Waals surface area contributed by atoms with Crippen molar-refractivity contribution < 1.29 is 21.9 Å². The second-order valence-electron chi connectivity index (χ2n) is 3.68. The molecule has 0 spiro atoms. The fraction of sp³-hybridized carbons (Fsp3) is 0.400. The lowest BCUT2D eigenvalue weighted by Crippen LogP contribution is -2.41. The van der Waals surface area contributed by atoms with E-state index < -0.39 is 29.0 Å². The van der Waals surface area contributed by atoms with E-state index in [2.05, 4.69) is 15.9 Å². The Morgan fingerprint density at radius 3 is 2.63 bits per heavy atom. The number of methoxy groups -OCH3 is 1. The average Bonchev–Trinajstić information content (AvgIpc) is 2.37. The summed E-state index contributed by atoms with van der Waals surface area (Å²) in [6, 6.07) is 4.26. The summed E-state index contributed by atoms with van der Waals surface area (Å²) in [5.41, 5.74) is 4.84. The Kier molecular flexibility index (Phi) is 5.25. The van der Waals surface area contributed by atoms with Crippen LogP contribution in [0.4, 0.5) is 8.78 Å². The van der Waals surface area contributed by atoms with Crippen LogP contribution >= 0.6 is 15.9 Å². The Bertz CT molecular complexity index is 552. The summed E-state index contributed by atoms with van der Waals surface area (Å²) in [6.07, 6.45) is 0. The Hall–Kier alpha value is -0.770. The van der Waals surface area contributed by atoms with Gasteiger partial charge in [0.25, 0.3) is 5.92 Å². The number of halogens is 3. The van der Waals surface area contributed by atoms with E-state index in [1.807, 2.05) is 4.72 Å². The standard InChI is InChI=1S/C10H13BrF2N2O3S/c1-18-8-3-2-7(11)4-9(8)19(16,17)15-6-10(12,13)5-14/h2-4,15H,5-6,14H2,1H3. The van der Waals surface area contributed by atoms with E-state index in [9.17, 15) is 17.2 Å². The third kappa shape index (κ3) is 4.37. The van der Waals surface area contributed by atoms with E-state index in [-0.39, 0.29) is 10.6 Å². The van der Waals surface area contributed by atoms with Crippen LogP contribution in [-0.2, 0) is 10.0 Å². The predicted octanol–water partition coefficient (Wildman–Crippen LogP) is 1.33. The number of hydrogen-bond acceptors (Lipinski definition) is 4. The largest absolute Gasteiger partial charge is 0.495 e. The topological polar surface area (TPSA) is 81.4 Å². The number of rotatable bonds is 6. The monoisotopic (exact) mass is 358 g/mol. The number of sulfonamides is 1. The molecule has 0 aliphatic rings. The molecule has 5 nitrogen and oxygen atoms in total. The lowest BCUT2D eigenvalue weighted by molar-refractivity contribution is 0.0170. The molecule has 0 aliphatic carbocycles. The minimum Gasteiger partial charge on any atom is -0.495 e. The van der Waals surface area contributed by atoms with Crippen LogP contribution < -0.4 is 15.2 Å². The van der Waals surface area contributed by atoms with Crippen molar-refractivity contribution in [1.82, 2.24) is 4.72 Å². The van der Waals surface area contributed by atoms with E-state index in [4.69, 9.17) is 10.5 Å². The van der Waals surface area contributed by atoms with Crippen molar-refractivity contribution in [1.29, 1.82) is 0 Å². The van der Waals surface area contributed by atoms with Crippen LogP contribution in [0.2, 0.25) is 0 Å². The Labute approximate surface area is 118 Å². The zero-order chi connectivity index (χ0) is 14.7. The smallest absolute Gasteiger partial charge is 0.273 e. The number of ether oxygens (including phenoxy) is 1. The molecule has 0 amide bonds. The Morgan fingerprint density at radius 2 is 2.11 bits per heavy atom. The van der Waals surface area contributed by atoms with Gasteiger partial charge < -0.3 is 10.5 Å². The van der Waals surface area contributed by atoms with Crippen LogP contribution in [0.5, 0.6) is 5.75 Å². The quantitative estimate of drug-likeness (QED) is 0.803. The predicted molar refractivity (Wildman–Crippen MR) is 69.9 cm³/mol. The zero-order valence-electron chi connectivity index (χ0n) is 9.99. The zero-order valence-corrected chi connectivity index (χ0v) is 12.4. The highest BCUT2D eigenvalue weighted by Gasteiger charge is 2.30. The van der Waals surface area contributed by atoms with Crippen LogP contribution in [0.15, 0.2) is 27.6 Å². The lowest BCUT2D eigenvalue weighted by Gasteiger charge is -2.16. The summed E-state index contributed by atoms with van der Waals surface area (Å²) in [5, 5.41) is 0. The van der Waals surface area contributed by atoms with Crippen molar-refractivity contribution in [3.05, 3.63) is 22.7 Å². The van der Waals surface area contributed by atoms with Gasteiger partial charge in [-0.05, 0) is 18.2 Å². The molecule has 0 aromatic heterocycles. The van der Waals surface area contributed by atoms with E-state index in [0.29, 0.717) is 4.47 Å². The molecule has 0 unspecified atom stereocenters. The second kappa shape index (κ2) is 6.12. The molecule has 1 aromatic carbocycles. The molecule has 0 saturated carbocycles. The molecule has 3 N–H and O–H groups in total. The number of hydrogen-bond donors (Lipinski definition) is 2. The van der Waals surface area contributed by atoms with Gasteiger partial charge in [0.15, 0.2) is 0 Å². The van der Waals surface area contributed by atoms with E-state index in [1.165, 1.54) is 19.2 Å². The van der Waals surface area contributed by atoms with Gasteiger partial charge in [-0.3, -0.25) is 0 Å². The maximum atomic E-state index is 13.0. The van der Waals surface area contributed by atoms with Crippen LogP contribution in [0, 0.1) is 0 Å². The van der Waals surface area contributed by atoms with Crippen molar-refractivity contribution in [2.75, 3.05) is 20.2 Å². The third-order valence-electron chi connectivity index (χ3n) is 2.23. The number of nitrogens with two attached hydrogens (primary N) is 1. The van der Waals surface area contributed by atoms with Gasteiger partial charge in [0.1, 0.15) is 10.6 Å². The first-order chi connectivity index (χ1) is 8.72. The van der Waals surface area contributed by atoms with Crippen molar-refractivity contribution >= 4 is 26.0 Å². The van der Waals surface area contributed by atoms with Gasteiger partial charge in [-0.2, -0.15) is 0 Å². The van der Waals surface area contributed by atoms with Crippen molar-refractivity contribution in [3.8, 4) is 5.75 Å². The number of benzene rings is 1. The van der Waals surface area contributed by atoms with Gasteiger partial charge in [0.05, 0.1) is 20.2 Å². The Balaban J connectivity index is 3.04. The molecule has 0 heterocycles. The van der Waals surface area contributed by atoms with Crippen molar-refractivity contribution in [2.45, 2.75) is 10.8 Å². The fourth-order valence-electron chi connectivity index (χ4n) is 1.21. The molecule has 0 fully saturated rings. The van der Waals surface area contributed by atoms with E-state index in [1.54, 1.807) is 6.07 Å². The van der Waals surface area contributed by atoms with Crippen molar-refractivity contribution in [2.24, 2.45) is 5.73 Å². The molecular weight excluding hydrogens is 346 g/mol. The third-order valence-corrected chi connectivity index (χ3v) is 4.15. The van der Waals surface area contributed by atoms with Gasteiger partial charge in [0, 0.05) is 4.47 Å². The normalized spacial score (nSPS) is 12.5. The van der Waals surface area contributed by atoms with Crippen LogP contribution in [0.1, 0.15) is 0 Å². The Morgan fingerprint density at radius 1 is 1.47 bits per heavy atom. The highest BCUT2D eigenvalue weighted by molar-refractivity contribution is 9.10. The molecule has 0 atom stereocenters. The van der Waals surface area contributed by atoms with Crippen molar-refractivity contribution in [3.63, 3.8) is 0 Å². The van der Waals surface area contributed by atoms with Crippen LogP contribution in [0.3, 0.4) is 0 Å².